The lowest BCUT2D eigenvalue weighted by Crippen LogP contribution is -2.05. The second-order valence-electron chi connectivity index (χ2n) is 5.79. The Labute approximate surface area is 145 Å². The van der Waals surface area contributed by atoms with Crippen LogP contribution in [0.1, 0.15) is 11.1 Å². The van der Waals surface area contributed by atoms with Gasteiger partial charge in [0.2, 0.25) is 5.95 Å². The van der Waals surface area contributed by atoms with Crippen LogP contribution in [0.2, 0.25) is 0 Å². The molecule has 0 aliphatic rings. The Morgan fingerprint density at radius 2 is 1.44 bits per heavy atom. The molecule has 0 saturated carbocycles. The number of hydrogen-bond donors (Lipinski definition) is 4. The summed E-state index contributed by atoms with van der Waals surface area (Å²) in [6.07, 6.45) is 1.11. The van der Waals surface area contributed by atoms with Gasteiger partial charge in [-0.3, -0.25) is 0 Å². The summed E-state index contributed by atoms with van der Waals surface area (Å²) in [5, 5.41) is 6.02. The average molecular weight is 338 g/mol. The summed E-state index contributed by atoms with van der Waals surface area (Å²) < 4.78 is 14.1. The SMILES string of the molecule is Cc1ccc(N)cc1Nc1ncc(F)c(Nc2cc(N)ccc2C)n1. The van der Waals surface area contributed by atoms with E-state index in [-0.39, 0.29) is 11.8 Å². The van der Waals surface area contributed by atoms with Gasteiger partial charge in [-0.25, -0.2) is 9.37 Å². The summed E-state index contributed by atoms with van der Waals surface area (Å²) >= 11 is 0. The molecule has 7 heteroatoms. The van der Waals surface area contributed by atoms with E-state index >= 15 is 0 Å². The van der Waals surface area contributed by atoms with E-state index in [4.69, 9.17) is 11.5 Å². The smallest absolute Gasteiger partial charge is 0.229 e. The number of hydrogen-bond acceptors (Lipinski definition) is 6. The van der Waals surface area contributed by atoms with Crippen molar-refractivity contribution < 1.29 is 4.39 Å². The topological polar surface area (TPSA) is 102 Å². The zero-order chi connectivity index (χ0) is 18.0. The van der Waals surface area contributed by atoms with E-state index in [2.05, 4.69) is 20.6 Å². The number of anilines is 6. The van der Waals surface area contributed by atoms with Crippen LogP contribution in [0, 0.1) is 19.7 Å². The van der Waals surface area contributed by atoms with Crippen molar-refractivity contribution in [2.75, 3.05) is 22.1 Å². The van der Waals surface area contributed by atoms with Gasteiger partial charge >= 0.3 is 0 Å². The van der Waals surface area contributed by atoms with Gasteiger partial charge in [-0.2, -0.15) is 4.98 Å². The van der Waals surface area contributed by atoms with Crippen LogP contribution in [0.4, 0.5) is 38.9 Å². The third kappa shape index (κ3) is 3.77. The number of rotatable bonds is 4. The molecule has 6 nitrogen and oxygen atoms in total. The fourth-order valence-electron chi connectivity index (χ4n) is 2.31. The Morgan fingerprint density at radius 1 is 0.880 bits per heavy atom. The van der Waals surface area contributed by atoms with Gasteiger partial charge in [0, 0.05) is 22.7 Å². The van der Waals surface area contributed by atoms with E-state index in [0.29, 0.717) is 17.1 Å². The lowest BCUT2D eigenvalue weighted by atomic mass is 10.2. The highest BCUT2D eigenvalue weighted by Gasteiger charge is 2.10. The van der Waals surface area contributed by atoms with E-state index in [1.807, 2.05) is 32.0 Å². The summed E-state index contributed by atoms with van der Waals surface area (Å²) in [7, 11) is 0. The normalized spacial score (nSPS) is 10.5. The predicted octanol–water partition coefficient (Wildman–Crippen LogP) is 3.88. The van der Waals surface area contributed by atoms with E-state index in [9.17, 15) is 4.39 Å². The highest BCUT2D eigenvalue weighted by Crippen LogP contribution is 2.26. The number of nitrogen functional groups attached to an aromatic ring is 2. The maximum absolute atomic E-state index is 14.1. The van der Waals surface area contributed by atoms with Gasteiger partial charge in [-0.1, -0.05) is 12.1 Å². The Kier molecular flexibility index (Phi) is 4.38. The molecule has 0 bridgehead atoms. The Balaban J connectivity index is 1.90. The first-order valence-electron chi connectivity index (χ1n) is 7.71. The zero-order valence-corrected chi connectivity index (χ0v) is 14.0. The molecule has 0 saturated heterocycles. The Bertz CT molecular complexity index is 925. The molecule has 2 aromatic carbocycles. The highest BCUT2D eigenvalue weighted by atomic mass is 19.1. The molecule has 0 aliphatic carbocycles. The molecule has 3 aromatic rings. The number of nitrogens with one attached hydrogen (secondary N) is 2. The van der Waals surface area contributed by atoms with Crippen molar-refractivity contribution in [2.24, 2.45) is 0 Å². The van der Waals surface area contributed by atoms with Gasteiger partial charge in [0.1, 0.15) is 0 Å². The Morgan fingerprint density at radius 3 is 2.04 bits per heavy atom. The van der Waals surface area contributed by atoms with Gasteiger partial charge in [-0.15, -0.1) is 0 Å². The number of aromatic nitrogens is 2. The average Bonchev–Trinajstić information content (AvgIpc) is 2.57. The minimum absolute atomic E-state index is 0.0627. The molecular weight excluding hydrogens is 319 g/mol. The van der Waals surface area contributed by atoms with Crippen LogP contribution in [0.3, 0.4) is 0 Å². The van der Waals surface area contributed by atoms with Crippen LogP contribution in [0.25, 0.3) is 0 Å². The van der Waals surface area contributed by atoms with Crippen LogP contribution in [0.15, 0.2) is 42.6 Å². The van der Waals surface area contributed by atoms with E-state index in [1.165, 1.54) is 0 Å². The molecule has 0 spiro atoms. The summed E-state index contributed by atoms with van der Waals surface area (Å²) in [5.41, 5.74) is 16.1. The van der Waals surface area contributed by atoms with Crippen molar-refractivity contribution in [3.05, 3.63) is 59.5 Å². The molecule has 0 unspecified atom stereocenters. The van der Waals surface area contributed by atoms with Crippen molar-refractivity contribution in [3.63, 3.8) is 0 Å². The van der Waals surface area contributed by atoms with Gasteiger partial charge < -0.3 is 22.1 Å². The second-order valence-corrected chi connectivity index (χ2v) is 5.79. The van der Waals surface area contributed by atoms with Gasteiger partial charge in [-0.05, 0) is 49.2 Å². The third-order valence-corrected chi connectivity index (χ3v) is 3.77. The molecule has 6 N–H and O–H groups in total. The van der Waals surface area contributed by atoms with Crippen LogP contribution in [-0.4, -0.2) is 9.97 Å². The van der Waals surface area contributed by atoms with E-state index < -0.39 is 5.82 Å². The second kappa shape index (κ2) is 6.64. The molecule has 1 heterocycles. The summed E-state index contributed by atoms with van der Waals surface area (Å²) in [5.74, 6) is -0.233. The first-order valence-corrected chi connectivity index (χ1v) is 7.71. The molecule has 25 heavy (non-hydrogen) atoms. The number of benzene rings is 2. The third-order valence-electron chi connectivity index (χ3n) is 3.77. The highest BCUT2D eigenvalue weighted by molar-refractivity contribution is 5.67. The Hall–Kier alpha value is -3.35. The van der Waals surface area contributed by atoms with Crippen LogP contribution in [0.5, 0.6) is 0 Å². The minimum Gasteiger partial charge on any atom is -0.399 e. The number of aryl methyl sites for hydroxylation is 2. The van der Waals surface area contributed by atoms with Crippen molar-refractivity contribution in [1.82, 2.24) is 9.97 Å². The summed E-state index contributed by atoms with van der Waals surface area (Å²) in [6, 6.07) is 10.8. The summed E-state index contributed by atoms with van der Waals surface area (Å²) in [6.45, 7) is 3.83. The molecule has 3 rings (SSSR count). The monoisotopic (exact) mass is 338 g/mol. The standard InChI is InChI=1S/C18H19FN6/c1-10-3-5-12(20)7-15(10)23-17-14(19)9-22-18(25-17)24-16-8-13(21)6-4-11(16)2/h3-9H,20-21H2,1-2H3,(H2,22,23,24,25). The number of nitrogens with zero attached hydrogens (tertiary/aromatic N) is 2. The predicted molar refractivity (Wildman–Crippen MR) is 99.7 cm³/mol. The molecule has 1 aromatic heterocycles. The molecular formula is C18H19FN6. The fraction of sp³-hybridized carbons (Fsp3) is 0.111. The van der Waals surface area contributed by atoms with Gasteiger partial charge in [0.15, 0.2) is 11.6 Å². The van der Waals surface area contributed by atoms with Crippen molar-refractivity contribution in [2.45, 2.75) is 13.8 Å². The van der Waals surface area contributed by atoms with Gasteiger partial charge in [0.05, 0.1) is 6.20 Å². The number of nitrogens with two attached hydrogens (primary N) is 2. The lowest BCUT2D eigenvalue weighted by Gasteiger charge is -2.13. The molecule has 128 valence electrons. The minimum atomic E-state index is -0.559. The van der Waals surface area contributed by atoms with Crippen LogP contribution in [-0.2, 0) is 0 Å². The lowest BCUT2D eigenvalue weighted by molar-refractivity contribution is 0.619. The molecule has 0 aliphatic heterocycles. The maximum Gasteiger partial charge on any atom is 0.229 e. The zero-order valence-electron chi connectivity index (χ0n) is 14.0. The van der Waals surface area contributed by atoms with E-state index in [1.54, 1.807) is 18.2 Å². The fourth-order valence-corrected chi connectivity index (χ4v) is 2.31. The van der Waals surface area contributed by atoms with Crippen molar-refractivity contribution in [1.29, 1.82) is 0 Å². The van der Waals surface area contributed by atoms with Crippen LogP contribution < -0.4 is 22.1 Å². The maximum atomic E-state index is 14.1. The molecule has 0 fully saturated rings. The number of halogens is 1. The summed E-state index contributed by atoms with van der Waals surface area (Å²) in [4.78, 5) is 8.20. The molecule has 0 atom stereocenters. The first kappa shape index (κ1) is 16.5. The first-order chi connectivity index (χ1) is 11.9. The van der Waals surface area contributed by atoms with Crippen molar-refractivity contribution in [3.8, 4) is 0 Å². The van der Waals surface area contributed by atoms with E-state index in [0.717, 1.165) is 23.0 Å². The van der Waals surface area contributed by atoms with Crippen LogP contribution >= 0.6 is 0 Å². The van der Waals surface area contributed by atoms with Gasteiger partial charge in [0.25, 0.3) is 0 Å². The van der Waals surface area contributed by atoms with Crippen molar-refractivity contribution >= 4 is 34.5 Å². The quantitative estimate of drug-likeness (QED) is 0.538. The molecule has 0 amide bonds. The largest absolute Gasteiger partial charge is 0.399 e. The molecule has 0 radical (unpaired) electrons.